The van der Waals surface area contributed by atoms with Gasteiger partial charge in [0.05, 0.1) is 19.4 Å². The van der Waals surface area contributed by atoms with Crippen LogP contribution in [-0.2, 0) is 9.53 Å². The molecule has 0 aliphatic carbocycles. The van der Waals surface area contributed by atoms with Gasteiger partial charge in [0.15, 0.2) is 0 Å². The second-order valence-electron chi connectivity index (χ2n) is 7.09. The number of rotatable bonds is 9. The molecule has 0 radical (unpaired) electrons. The number of hydrogen-bond donors (Lipinski definition) is 2. The SMILES string of the molecule is CCCCOc1ccc(OC)cc1NC(=O)c1cccc(NC(=O)C2CCCO2)c1. The van der Waals surface area contributed by atoms with E-state index in [9.17, 15) is 9.59 Å². The molecule has 3 rings (SSSR count). The van der Waals surface area contributed by atoms with Crippen LogP contribution >= 0.6 is 0 Å². The Balaban J connectivity index is 1.71. The number of unbranched alkanes of at least 4 members (excludes halogenated alkanes) is 1. The fourth-order valence-electron chi connectivity index (χ4n) is 3.13. The molecule has 0 bridgehead atoms. The van der Waals surface area contributed by atoms with Gasteiger partial charge in [0.1, 0.15) is 17.6 Å². The van der Waals surface area contributed by atoms with Gasteiger partial charge in [-0.2, -0.15) is 0 Å². The molecule has 1 aliphatic rings. The summed E-state index contributed by atoms with van der Waals surface area (Å²) in [5.74, 6) is 0.701. The highest BCUT2D eigenvalue weighted by Gasteiger charge is 2.23. The molecule has 0 aromatic heterocycles. The monoisotopic (exact) mass is 412 g/mol. The van der Waals surface area contributed by atoms with E-state index in [0.29, 0.717) is 48.1 Å². The molecule has 1 atom stereocenters. The van der Waals surface area contributed by atoms with Gasteiger partial charge in [-0.25, -0.2) is 0 Å². The molecule has 1 heterocycles. The van der Waals surface area contributed by atoms with Gasteiger partial charge in [-0.1, -0.05) is 19.4 Å². The van der Waals surface area contributed by atoms with Crippen LogP contribution in [0.2, 0.25) is 0 Å². The molecule has 160 valence electrons. The summed E-state index contributed by atoms with van der Waals surface area (Å²) in [6.07, 6.45) is 3.10. The van der Waals surface area contributed by atoms with Crippen molar-refractivity contribution in [1.82, 2.24) is 0 Å². The van der Waals surface area contributed by atoms with Gasteiger partial charge in [0.2, 0.25) is 0 Å². The first kappa shape index (κ1) is 21.6. The molecule has 2 amide bonds. The summed E-state index contributed by atoms with van der Waals surface area (Å²) in [5, 5.41) is 5.70. The Morgan fingerprint density at radius 1 is 1.17 bits per heavy atom. The van der Waals surface area contributed by atoms with Crippen molar-refractivity contribution in [3.05, 3.63) is 48.0 Å². The maximum atomic E-state index is 12.8. The molecular formula is C23H28N2O5. The van der Waals surface area contributed by atoms with E-state index in [0.717, 1.165) is 19.3 Å². The lowest BCUT2D eigenvalue weighted by molar-refractivity contribution is -0.124. The lowest BCUT2D eigenvalue weighted by atomic mass is 10.1. The lowest BCUT2D eigenvalue weighted by Gasteiger charge is -2.14. The van der Waals surface area contributed by atoms with Crippen LogP contribution in [0.3, 0.4) is 0 Å². The Bertz CT molecular complexity index is 878. The van der Waals surface area contributed by atoms with Crippen molar-refractivity contribution in [2.75, 3.05) is 31.0 Å². The topological polar surface area (TPSA) is 85.9 Å². The fourth-order valence-corrected chi connectivity index (χ4v) is 3.13. The molecule has 30 heavy (non-hydrogen) atoms. The third-order valence-corrected chi connectivity index (χ3v) is 4.80. The van der Waals surface area contributed by atoms with Crippen LogP contribution in [0, 0.1) is 0 Å². The first-order valence-electron chi connectivity index (χ1n) is 10.3. The molecule has 7 nitrogen and oxygen atoms in total. The van der Waals surface area contributed by atoms with Gasteiger partial charge < -0.3 is 24.8 Å². The number of carbonyl (C=O) groups is 2. The Hall–Kier alpha value is -3.06. The smallest absolute Gasteiger partial charge is 0.255 e. The normalized spacial score (nSPS) is 15.5. The van der Waals surface area contributed by atoms with E-state index < -0.39 is 6.10 Å². The number of hydrogen-bond acceptors (Lipinski definition) is 5. The van der Waals surface area contributed by atoms with Gasteiger partial charge in [0, 0.05) is 23.9 Å². The maximum Gasteiger partial charge on any atom is 0.255 e. The highest BCUT2D eigenvalue weighted by atomic mass is 16.5. The number of carbonyl (C=O) groups excluding carboxylic acids is 2. The average molecular weight is 412 g/mol. The van der Waals surface area contributed by atoms with Crippen molar-refractivity contribution in [3.63, 3.8) is 0 Å². The van der Waals surface area contributed by atoms with Crippen molar-refractivity contribution < 1.29 is 23.8 Å². The number of benzene rings is 2. The van der Waals surface area contributed by atoms with Gasteiger partial charge >= 0.3 is 0 Å². The van der Waals surface area contributed by atoms with E-state index in [2.05, 4.69) is 17.6 Å². The summed E-state index contributed by atoms with van der Waals surface area (Å²) in [6.45, 7) is 3.25. The van der Waals surface area contributed by atoms with Gasteiger partial charge in [-0.15, -0.1) is 0 Å². The van der Waals surface area contributed by atoms with Gasteiger partial charge in [-0.3, -0.25) is 9.59 Å². The van der Waals surface area contributed by atoms with Crippen LogP contribution in [0.4, 0.5) is 11.4 Å². The molecule has 2 aromatic carbocycles. The number of amides is 2. The van der Waals surface area contributed by atoms with E-state index in [1.165, 1.54) is 0 Å². The summed E-state index contributed by atoms with van der Waals surface area (Å²) in [4.78, 5) is 25.1. The Morgan fingerprint density at radius 3 is 2.77 bits per heavy atom. The van der Waals surface area contributed by atoms with Crippen LogP contribution in [0.5, 0.6) is 11.5 Å². The zero-order valence-corrected chi connectivity index (χ0v) is 17.4. The first-order chi connectivity index (χ1) is 14.6. The summed E-state index contributed by atoms with van der Waals surface area (Å²) in [6, 6.07) is 12.1. The van der Waals surface area contributed by atoms with Crippen molar-refractivity contribution >= 4 is 23.2 Å². The van der Waals surface area contributed by atoms with Crippen LogP contribution in [0.15, 0.2) is 42.5 Å². The van der Waals surface area contributed by atoms with Crippen LogP contribution in [0.25, 0.3) is 0 Å². The summed E-state index contributed by atoms with van der Waals surface area (Å²) >= 11 is 0. The highest BCUT2D eigenvalue weighted by molar-refractivity contribution is 6.06. The molecule has 7 heteroatoms. The van der Waals surface area contributed by atoms with Crippen molar-refractivity contribution in [3.8, 4) is 11.5 Å². The number of nitrogens with one attached hydrogen (secondary N) is 2. The van der Waals surface area contributed by atoms with Crippen LogP contribution in [0.1, 0.15) is 43.0 Å². The zero-order valence-electron chi connectivity index (χ0n) is 17.4. The molecular weight excluding hydrogens is 384 g/mol. The predicted octanol–water partition coefficient (Wildman–Crippen LogP) is 4.24. The van der Waals surface area contributed by atoms with Crippen LogP contribution < -0.4 is 20.1 Å². The van der Waals surface area contributed by atoms with E-state index in [1.54, 1.807) is 49.6 Å². The van der Waals surface area contributed by atoms with E-state index in [1.807, 2.05) is 0 Å². The summed E-state index contributed by atoms with van der Waals surface area (Å²) in [7, 11) is 1.57. The van der Waals surface area contributed by atoms with Crippen LogP contribution in [-0.4, -0.2) is 38.2 Å². The minimum Gasteiger partial charge on any atom is -0.497 e. The molecule has 2 N–H and O–H groups in total. The summed E-state index contributed by atoms with van der Waals surface area (Å²) < 4.78 is 16.5. The second-order valence-corrected chi connectivity index (χ2v) is 7.09. The lowest BCUT2D eigenvalue weighted by Crippen LogP contribution is -2.27. The Kier molecular flexibility index (Phi) is 7.68. The van der Waals surface area contributed by atoms with E-state index in [-0.39, 0.29) is 11.8 Å². The zero-order chi connectivity index (χ0) is 21.3. The van der Waals surface area contributed by atoms with Crippen molar-refractivity contribution in [2.24, 2.45) is 0 Å². The standard InChI is InChI=1S/C23H28N2O5/c1-3-4-12-29-20-11-10-18(28-2)15-19(20)25-22(26)16-7-5-8-17(14-16)24-23(27)21-9-6-13-30-21/h5,7-8,10-11,14-15,21H,3-4,6,9,12-13H2,1-2H3,(H,24,27)(H,25,26). The molecule has 1 aliphatic heterocycles. The van der Waals surface area contributed by atoms with E-state index in [4.69, 9.17) is 14.2 Å². The number of ether oxygens (including phenoxy) is 3. The minimum atomic E-state index is -0.429. The van der Waals surface area contributed by atoms with Gasteiger partial charge in [0.25, 0.3) is 11.8 Å². The van der Waals surface area contributed by atoms with Crippen molar-refractivity contribution in [1.29, 1.82) is 0 Å². The number of anilines is 2. The Morgan fingerprint density at radius 2 is 2.03 bits per heavy atom. The van der Waals surface area contributed by atoms with Crippen molar-refractivity contribution in [2.45, 2.75) is 38.7 Å². The minimum absolute atomic E-state index is 0.190. The summed E-state index contributed by atoms with van der Waals surface area (Å²) in [5.41, 5.74) is 1.50. The number of methoxy groups -OCH3 is 1. The predicted molar refractivity (Wildman–Crippen MR) is 115 cm³/mol. The largest absolute Gasteiger partial charge is 0.497 e. The molecule has 2 aromatic rings. The molecule has 1 unspecified atom stereocenters. The van der Waals surface area contributed by atoms with E-state index >= 15 is 0 Å². The maximum absolute atomic E-state index is 12.8. The third-order valence-electron chi connectivity index (χ3n) is 4.80. The molecule has 1 fully saturated rings. The third kappa shape index (κ3) is 5.73. The van der Waals surface area contributed by atoms with Gasteiger partial charge in [-0.05, 0) is 49.6 Å². The Labute approximate surface area is 176 Å². The second kappa shape index (κ2) is 10.6. The first-order valence-corrected chi connectivity index (χ1v) is 10.3. The quantitative estimate of drug-likeness (QED) is 0.602. The highest BCUT2D eigenvalue weighted by Crippen LogP contribution is 2.30. The molecule has 1 saturated heterocycles. The molecule has 0 saturated carbocycles. The average Bonchev–Trinajstić information content (AvgIpc) is 3.30. The fraction of sp³-hybridized carbons (Fsp3) is 0.391. The molecule has 0 spiro atoms.